The van der Waals surface area contributed by atoms with Gasteiger partial charge in [-0.05, 0) is 13.8 Å². The lowest BCUT2D eigenvalue weighted by atomic mass is 10.5. The highest BCUT2D eigenvalue weighted by molar-refractivity contribution is 5.78. The number of nitrogens with two attached hydrogens (primary N) is 2. The number of rotatable bonds is 7. The fourth-order valence-corrected chi connectivity index (χ4v) is 1.32. The average Bonchev–Trinajstić information content (AvgIpc) is 2.37. The van der Waals surface area contributed by atoms with Crippen molar-refractivity contribution in [1.29, 1.82) is 0 Å². The molecule has 0 saturated heterocycles. The zero-order chi connectivity index (χ0) is 13.5. The standard InChI is InChI=1S/C9H18N8O/c1-3-17(4-2)9-14-7(12-5-6(10)18)13-8(15-9)16-11/h3-5,11H2,1-2H3,(H2,10,18)(H2,12,13,14,15,16). The zero-order valence-electron chi connectivity index (χ0n) is 10.5. The van der Waals surface area contributed by atoms with Gasteiger partial charge in [0.15, 0.2) is 0 Å². The first-order valence-electron chi connectivity index (χ1n) is 5.60. The summed E-state index contributed by atoms with van der Waals surface area (Å²) >= 11 is 0. The Kier molecular flexibility index (Phi) is 5.06. The Balaban J connectivity index is 2.96. The topological polar surface area (TPSA) is 135 Å². The van der Waals surface area contributed by atoms with E-state index < -0.39 is 5.91 Å². The summed E-state index contributed by atoms with van der Waals surface area (Å²) in [5, 5.41) is 2.70. The van der Waals surface area contributed by atoms with Gasteiger partial charge in [0.1, 0.15) is 0 Å². The third-order valence-corrected chi connectivity index (χ3v) is 2.22. The molecule has 0 aliphatic carbocycles. The molecule has 0 radical (unpaired) electrons. The average molecular weight is 254 g/mol. The van der Waals surface area contributed by atoms with Gasteiger partial charge in [-0.1, -0.05) is 0 Å². The predicted molar refractivity (Wildman–Crippen MR) is 68.9 cm³/mol. The Morgan fingerprint density at radius 1 is 1.22 bits per heavy atom. The summed E-state index contributed by atoms with van der Waals surface area (Å²) in [6.45, 7) is 5.42. The number of nitrogen functional groups attached to an aromatic ring is 1. The van der Waals surface area contributed by atoms with Crippen LogP contribution in [0.4, 0.5) is 17.8 Å². The first-order valence-corrected chi connectivity index (χ1v) is 5.60. The molecule has 1 amide bonds. The van der Waals surface area contributed by atoms with Crippen molar-refractivity contribution >= 4 is 23.8 Å². The van der Waals surface area contributed by atoms with Crippen LogP contribution in [0, 0.1) is 0 Å². The quantitative estimate of drug-likeness (QED) is 0.356. The van der Waals surface area contributed by atoms with Gasteiger partial charge in [-0.3, -0.25) is 10.2 Å². The van der Waals surface area contributed by atoms with Crippen molar-refractivity contribution < 1.29 is 4.79 Å². The number of carbonyl (C=O) groups is 1. The van der Waals surface area contributed by atoms with E-state index in [1.807, 2.05) is 18.7 Å². The van der Waals surface area contributed by atoms with Crippen LogP contribution in [-0.4, -0.2) is 40.5 Å². The molecule has 0 atom stereocenters. The Morgan fingerprint density at radius 3 is 2.33 bits per heavy atom. The van der Waals surface area contributed by atoms with Gasteiger partial charge in [0.05, 0.1) is 6.54 Å². The molecule has 9 heteroatoms. The Labute approximate surface area is 105 Å². The van der Waals surface area contributed by atoms with Crippen molar-refractivity contribution in [2.24, 2.45) is 11.6 Å². The largest absolute Gasteiger partial charge is 0.368 e. The van der Waals surface area contributed by atoms with Gasteiger partial charge in [0, 0.05) is 13.1 Å². The fourth-order valence-electron chi connectivity index (χ4n) is 1.32. The minimum atomic E-state index is -0.498. The van der Waals surface area contributed by atoms with Crippen molar-refractivity contribution in [1.82, 2.24) is 15.0 Å². The van der Waals surface area contributed by atoms with Gasteiger partial charge in [0.25, 0.3) is 0 Å². The summed E-state index contributed by atoms with van der Waals surface area (Å²) in [7, 11) is 0. The second-order valence-electron chi connectivity index (χ2n) is 3.42. The number of nitrogens with one attached hydrogen (secondary N) is 2. The lowest BCUT2D eigenvalue weighted by Gasteiger charge is -2.19. The first kappa shape index (κ1) is 13.9. The third-order valence-electron chi connectivity index (χ3n) is 2.22. The second kappa shape index (κ2) is 6.55. The van der Waals surface area contributed by atoms with Crippen molar-refractivity contribution in [3.8, 4) is 0 Å². The summed E-state index contributed by atoms with van der Waals surface area (Å²) in [5.74, 6) is 5.74. The molecule has 1 aromatic rings. The second-order valence-corrected chi connectivity index (χ2v) is 3.42. The van der Waals surface area contributed by atoms with E-state index in [1.165, 1.54) is 0 Å². The number of primary amides is 1. The fraction of sp³-hybridized carbons (Fsp3) is 0.556. The number of anilines is 3. The van der Waals surface area contributed by atoms with E-state index in [4.69, 9.17) is 11.6 Å². The molecule has 18 heavy (non-hydrogen) atoms. The molecule has 1 heterocycles. The van der Waals surface area contributed by atoms with Gasteiger partial charge in [-0.2, -0.15) is 15.0 Å². The smallest absolute Gasteiger partial charge is 0.243 e. The van der Waals surface area contributed by atoms with Crippen LogP contribution in [0.3, 0.4) is 0 Å². The van der Waals surface area contributed by atoms with E-state index >= 15 is 0 Å². The van der Waals surface area contributed by atoms with Crippen molar-refractivity contribution in [2.75, 3.05) is 35.3 Å². The molecular formula is C9H18N8O. The molecule has 0 fully saturated rings. The monoisotopic (exact) mass is 254 g/mol. The number of amides is 1. The van der Waals surface area contributed by atoms with Gasteiger partial charge >= 0.3 is 0 Å². The molecule has 100 valence electrons. The molecule has 0 spiro atoms. The van der Waals surface area contributed by atoms with E-state index in [2.05, 4.69) is 25.7 Å². The number of hydrogen-bond acceptors (Lipinski definition) is 8. The minimum Gasteiger partial charge on any atom is -0.368 e. The summed E-state index contributed by atoms with van der Waals surface area (Å²) in [6.07, 6.45) is 0. The molecule has 1 rings (SSSR count). The molecule has 9 nitrogen and oxygen atoms in total. The first-order chi connectivity index (χ1) is 8.60. The molecule has 0 unspecified atom stereocenters. The van der Waals surface area contributed by atoms with Crippen molar-refractivity contribution in [3.63, 3.8) is 0 Å². The van der Waals surface area contributed by atoms with Gasteiger partial charge in [0.2, 0.25) is 23.8 Å². The number of aromatic nitrogens is 3. The van der Waals surface area contributed by atoms with E-state index in [9.17, 15) is 4.79 Å². The van der Waals surface area contributed by atoms with Crippen LogP contribution in [0.25, 0.3) is 0 Å². The van der Waals surface area contributed by atoms with Gasteiger partial charge < -0.3 is 16.0 Å². The lowest BCUT2D eigenvalue weighted by Crippen LogP contribution is -2.27. The van der Waals surface area contributed by atoms with E-state index in [-0.39, 0.29) is 18.4 Å². The van der Waals surface area contributed by atoms with Crippen LogP contribution in [0.5, 0.6) is 0 Å². The highest BCUT2D eigenvalue weighted by Crippen LogP contribution is 2.12. The molecule has 0 aromatic carbocycles. The lowest BCUT2D eigenvalue weighted by molar-refractivity contribution is -0.116. The Hall–Kier alpha value is -2.16. The molecular weight excluding hydrogens is 236 g/mol. The molecule has 0 aliphatic heterocycles. The zero-order valence-corrected chi connectivity index (χ0v) is 10.5. The van der Waals surface area contributed by atoms with Crippen LogP contribution < -0.4 is 27.2 Å². The maximum Gasteiger partial charge on any atom is 0.243 e. The summed E-state index contributed by atoms with van der Waals surface area (Å²) in [5.41, 5.74) is 7.39. The van der Waals surface area contributed by atoms with Crippen molar-refractivity contribution in [2.45, 2.75) is 13.8 Å². The van der Waals surface area contributed by atoms with Crippen LogP contribution in [0.2, 0.25) is 0 Å². The summed E-state index contributed by atoms with van der Waals surface area (Å²) < 4.78 is 0. The van der Waals surface area contributed by atoms with Gasteiger partial charge in [-0.15, -0.1) is 0 Å². The molecule has 1 aromatic heterocycles. The minimum absolute atomic E-state index is 0.0499. The molecule has 0 saturated carbocycles. The molecule has 6 N–H and O–H groups in total. The van der Waals surface area contributed by atoms with Crippen LogP contribution >= 0.6 is 0 Å². The van der Waals surface area contributed by atoms with Crippen LogP contribution in [-0.2, 0) is 4.79 Å². The number of nitrogens with zero attached hydrogens (tertiary/aromatic N) is 4. The van der Waals surface area contributed by atoms with Crippen LogP contribution in [0.1, 0.15) is 13.8 Å². The summed E-state index contributed by atoms with van der Waals surface area (Å²) in [4.78, 5) is 24.9. The maximum atomic E-state index is 10.7. The SMILES string of the molecule is CCN(CC)c1nc(NN)nc(NCC(N)=O)n1. The van der Waals surface area contributed by atoms with E-state index in [0.717, 1.165) is 13.1 Å². The molecule has 0 bridgehead atoms. The highest BCUT2D eigenvalue weighted by Gasteiger charge is 2.10. The number of hydrogen-bond donors (Lipinski definition) is 4. The van der Waals surface area contributed by atoms with Crippen LogP contribution in [0.15, 0.2) is 0 Å². The third kappa shape index (κ3) is 3.70. The number of hydrazine groups is 1. The summed E-state index contributed by atoms with van der Waals surface area (Å²) in [6, 6.07) is 0. The van der Waals surface area contributed by atoms with Crippen molar-refractivity contribution in [3.05, 3.63) is 0 Å². The number of carbonyl (C=O) groups excluding carboxylic acids is 1. The molecule has 0 aliphatic rings. The Bertz CT molecular complexity index is 406. The normalized spacial score (nSPS) is 9.94. The highest BCUT2D eigenvalue weighted by atomic mass is 16.1. The Morgan fingerprint density at radius 2 is 1.83 bits per heavy atom. The maximum absolute atomic E-state index is 10.7. The van der Waals surface area contributed by atoms with E-state index in [1.54, 1.807) is 0 Å². The van der Waals surface area contributed by atoms with E-state index in [0.29, 0.717) is 5.95 Å². The van der Waals surface area contributed by atoms with Gasteiger partial charge in [-0.25, -0.2) is 5.84 Å². The predicted octanol–water partition coefficient (Wildman–Crippen LogP) is -1.10.